The van der Waals surface area contributed by atoms with Crippen LogP contribution >= 0.6 is 11.6 Å². The van der Waals surface area contributed by atoms with Crippen LogP contribution in [0.25, 0.3) is 5.69 Å². The molecule has 0 amide bonds. The van der Waals surface area contributed by atoms with Crippen LogP contribution in [0.4, 0.5) is 32.2 Å². The SMILES string of the molecule is CC1(N2Cc3cc(Cl)ccc3-n3c(nnc3C3CCN(c4ccc(C(F)(F)F)c(F)n4)CC3)C2)CC(F)(F)C1. The van der Waals surface area contributed by atoms with Crippen LogP contribution < -0.4 is 4.90 Å². The number of alkyl halides is 5. The summed E-state index contributed by atoms with van der Waals surface area (Å²) in [6, 6.07) is 7.41. The van der Waals surface area contributed by atoms with Gasteiger partial charge in [-0.3, -0.25) is 9.47 Å². The van der Waals surface area contributed by atoms with Crippen molar-refractivity contribution in [2.45, 2.75) is 69.3 Å². The number of hydrogen-bond acceptors (Lipinski definition) is 5. The molecule has 4 heterocycles. The molecule has 0 radical (unpaired) electrons. The molecule has 1 aromatic carbocycles. The van der Waals surface area contributed by atoms with Gasteiger partial charge in [-0.2, -0.15) is 17.6 Å². The Bertz CT molecular complexity index is 1410. The number of hydrogen-bond donors (Lipinski definition) is 0. The van der Waals surface area contributed by atoms with Gasteiger partial charge in [0.15, 0.2) is 5.82 Å². The van der Waals surface area contributed by atoms with Crippen LogP contribution in [0.1, 0.15) is 61.3 Å². The molecule has 208 valence electrons. The van der Waals surface area contributed by atoms with Crippen molar-refractivity contribution in [1.29, 1.82) is 0 Å². The number of rotatable bonds is 3. The summed E-state index contributed by atoms with van der Waals surface area (Å²) >= 11 is 6.32. The van der Waals surface area contributed by atoms with Crippen molar-refractivity contribution in [1.82, 2.24) is 24.6 Å². The van der Waals surface area contributed by atoms with Gasteiger partial charge in [-0.15, -0.1) is 10.2 Å². The molecule has 1 saturated carbocycles. The van der Waals surface area contributed by atoms with E-state index in [0.29, 0.717) is 55.9 Å². The van der Waals surface area contributed by atoms with Crippen molar-refractivity contribution in [3.05, 3.63) is 64.1 Å². The molecule has 0 unspecified atom stereocenters. The second kappa shape index (κ2) is 9.09. The summed E-state index contributed by atoms with van der Waals surface area (Å²) in [6.45, 7) is 3.51. The van der Waals surface area contributed by atoms with E-state index in [1.807, 2.05) is 28.5 Å². The number of aromatic nitrogens is 4. The Hall–Kier alpha value is -2.86. The molecular weight excluding hydrogens is 546 g/mol. The summed E-state index contributed by atoms with van der Waals surface area (Å²) in [5.74, 6) is -2.72. The molecule has 2 fully saturated rings. The third-order valence-electron chi connectivity index (χ3n) is 8.10. The van der Waals surface area contributed by atoms with Gasteiger partial charge in [0, 0.05) is 49.0 Å². The average molecular weight is 571 g/mol. The molecule has 0 atom stereocenters. The molecule has 0 bridgehead atoms. The van der Waals surface area contributed by atoms with E-state index in [4.69, 9.17) is 11.6 Å². The van der Waals surface area contributed by atoms with Crippen molar-refractivity contribution in [3.8, 4) is 5.69 Å². The highest BCUT2D eigenvalue weighted by molar-refractivity contribution is 6.30. The van der Waals surface area contributed by atoms with Gasteiger partial charge in [0.25, 0.3) is 5.92 Å². The van der Waals surface area contributed by atoms with Crippen molar-refractivity contribution in [2.24, 2.45) is 0 Å². The molecule has 2 aromatic heterocycles. The zero-order valence-electron chi connectivity index (χ0n) is 20.9. The number of halogens is 7. The predicted octanol–water partition coefficient (Wildman–Crippen LogP) is 6.36. The van der Waals surface area contributed by atoms with Crippen LogP contribution in [0.2, 0.25) is 5.02 Å². The number of anilines is 1. The van der Waals surface area contributed by atoms with Crippen LogP contribution in [0.3, 0.4) is 0 Å². The van der Waals surface area contributed by atoms with Crippen molar-refractivity contribution in [3.63, 3.8) is 0 Å². The summed E-state index contributed by atoms with van der Waals surface area (Å²) in [7, 11) is 0. The molecule has 0 N–H and O–H groups in total. The fraction of sp³-hybridized carbons (Fsp3) is 0.500. The molecule has 2 aliphatic heterocycles. The number of nitrogens with zero attached hydrogens (tertiary/aromatic N) is 6. The first-order chi connectivity index (χ1) is 18.3. The minimum atomic E-state index is -4.80. The average Bonchev–Trinajstić information content (AvgIpc) is 3.17. The lowest BCUT2D eigenvalue weighted by Crippen LogP contribution is -2.59. The minimum Gasteiger partial charge on any atom is -0.356 e. The fourth-order valence-corrected chi connectivity index (χ4v) is 6.33. The minimum absolute atomic E-state index is 0.0273. The van der Waals surface area contributed by atoms with E-state index < -0.39 is 29.1 Å². The molecular formula is C26H25ClF6N6. The summed E-state index contributed by atoms with van der Waals surface area (Å²) in [6.07, 6.45) is -4.07. The van der Waals surface area contributed by atoms with E-state index in [1.54, 1.807) is 11.0 Å². The first-order valence-corrected chi connectivity index (χ1v) is 13.1. The van der Waals surface area contributed by atoms with Gasteiger partial charge in [-0.05, 0) is 55.7 Å². The van der Waals surface area contributed by atoms with E-state index in [-0.39, 0.29) is 24.6 Å². The second-order valence-electron chi connectivity index (χ2n) is 10.9. The van der Waals surface area contributed by atoms with Crippen molar-refractivity contribution in [2.75, 3.05) is 18.0 Å². The Labute approximate surface area is 225 Å². The number of fused-ring (bicyclic) bond motifs is 3. The van der Waals surface area contributed by atoms with Gasteiger partial charge in [-0.1, -0.05) is 11.6 Å². The largest absolute Gasteiger partial charge is 0.420 e. The molecule has 13 heteroatoms. The molecule has 6 rings (SSSR count). The lowest BCUT2D eigenvalue weighted by atomic mass is 9.73. The van der Waals surface area contributed by atoms with Crippen molar-refractivity contribution < 1.29 is 26.3 Å². The number of pyridine rings is 1. The van der Waals surface area contributed by atoms with E-state index in [1.165, 1.54) is 6.07 Å². The monoisotopic (exact) mass is 570 g/mol. The Balaban J connectivity index is 1.26. The maximum Gasteiger partial charge on any atom is 0.420 e. The maximum atomic E-state index is 14.1. The van der Waals surface area contributed by atoms with Gasteiger partial charge in [0.2, 0.25) is 5.95 Å². The quantitative estimate of drug-likeness (QED) is 0.271. The Morgan fingerprint density at radius 2 is 1.72 bits per heavy atom. The highest BCUT2D eigenvalue weighted by Crippen LogP contribution is 2.50. The lowest BCUT2D eigenvalue weighted by molar-refractivity contribution is -0.173. The molecule has 3 aliphatic rings. The molecule has 1 saturated heterocycles. The third kappa shape index (κ3) is 4.75. The zero-order valence-corrected chi connectivity index (χ0v) is 21.7. The summed E-state index contributed by atoms with van der Waals surface area (Å²) in [5.41, 5.74) is -0.333. The number of benzene rings is 1. The summed E-state index contributed by atoms with van der Waals surface area (Å²) < 4.78 is 82.6. The van der Waals surface area contributed by atoms with Gasteiger partial charge in [0.05, 0.1) is 12.2 Å². The third-order valence-corrected chi connectivity index (χ3v) is 8.33. The predicted molar refractivity (Wildman–Crippen MR) is 132 cm³/mol. The zero-order chi connectivity index (χ0) is 27.7. The smallest absolute Gasteiger partial charge is 0.356 e. The van der Waals surface area contributed by atoms with Crippen LogP contribution in [0, 0.1) is 5.95 Å². The van der Waals surface area contributed by atoms with E-state index >= 15 is 0 Å². The highest BCUT2D eigenvalue weighted by Gasteiger charge is 2.57. The molecule has 6 nitrogen and oxygen atoms in total. The van der Waals surface area contributed by atoms with Gasteiger partial charge in [0.1, 0.15) is 17.2 Å². The molecule has 39 heavy (non-hydrogen) atoms. The lowest BCUT2D eigenvalue weighted by Gasteiger charge is -2.51. The van der Waals surface area contributed by atoms with Gasteiger partial charge < -0.3 is 4.90 Å². The van der Waals surface area contributed by atoms with Crippen molar-refractivity contribution >= 4 is 17.4 Å². The number of piperidine rings is 1. The van der Waals surface area contributed by atoms with Crippen LogP contribution in [-0.4, -0.2) is 49.2 Å². The first kappa shape index (κ1) is 26.4. The second-order valence-corrected chi connectivity index (χ2v) is 11.3. The fourth-order valence-electron chi connectivity index (χ4n) is 6.14. The molecule has 0 spiro atoms. The van der Waals surface area contributed by atoms with Gasteiger partial charge in [-0.25, -0.2) is 13.8 Å². The Morgan fingerprint density at radius 3 is 2.36 bits per heavy atom. The molecule has 1 aliphatic carbocycles. The summed E-state index contributed by atoms with van der Waals surface area (Å²) in [5, 5.41) is 9.51. The van der Waals surface area contributed by atoms with Gasteiger partial charge >= 0.3 is 6.18 Å². The van der Waals surface area contributed by atoms with Crippen LogP contribution in [-0.2, 0) is 19.3 Å². The van der Waals surface area contributed by atoms with E-state index in [2.05, 4.69) is 15.2 Å². The Kier molecular flexibility index (Phi) is 6.14. The standard InChI is InChI=1S/C26H25ClF6N6/c1-24(13-25(29,30)14-24)38-11-16-10-17(27)2-4-19(16)39-21(12-38)35-36-23(39)15-6-8-37(9-7-15)20-5-3-18(22(28)34-20)26(31,32)33/h2-5,10,15H,6-9,11-14H2,1H3. The topological polar surface area (TPSA) is 50.1 Å². The van der Waals surface area contributed by atoms with Crippen LogP contribution in [0.15, 0.2) is 30.3 Å². The van der Waals surface area contributed by atoms with Crippen LogP contribution in [0.5, 0.6) is 0 Å². The highest BCUT2D eigenvalue weighted by atomic mass is 35.5. The molecule has 3 aromatic rings. The Morgan fingerprint density at radius 1 is 1.00 bits per heavy atom. The first-order valence-electron chi connectivity index (χ1n) is 12.7. The normalized spacial score (nSPS) is 21.2. The van der Waals surface area contributed by atoms with E-state index in [9.17, 15) is 26.3 Å². The summed E-state index contributed by atoms with van der Waals surface area (Å²) in [4.78, 5) is 7.34. The van der Waals surface area contributed by atoms with E-state index in [0.717, 1.165) is 17.1 Å². The maximum absolute atomic E-state index is 14.1.